The van der Waals surface area contributed by atoms with Gasteiger partial charge in [0.2, 0.25) is 15.9 Å². The van der Waals surface area contributed by atoms with Crippen LogP contribution in [0.5, 0.6) is 0 Å². The number of hydrogen-bond donors (Lipinski definition) is 3. The van der Waals surface area contributed by atoms with Crippen molar-refractivity contribution in [1.29, 1.82) is 0 Å². The number of nitrogens with one attached hydrogen (secondary N) is 1. The van der Waals surface area contributed by atoms with Crippen molar-refractivity contribution in [2.75, 3.05) is 13.1 Å². The number of aliphatic hydroxyl groups excluding tert-OH is 1. The van der Waals surface area contributed by atoms with Crippen molar-refractivity contribution in [3.63, 3.8) is 0 Å². The quantitative estimate of drug-likeness (QED) is 0.280. The summed E-state index contributed by atoms with van der Waals surface area (Å²) < 4.78 is 56.6. The Bertz CT molecular complexity index is 1350. The summed E-state index contributed by atoms with van der Waals surface area (Å²) >= 11 is 0. The molecule has 210 valence electrons. The van der Waals surface area contributed by atoms with Gasteiger partial charge in [-0.2, -0.15) is 4.31 Å². The minimum absolute atomic E-state index is 0.0185. The van der Waals surface area contributed by atoms with Gasteiger partial charge in [-0.25, -0.2) is 17.2 Å². The molecule has 0 unspecified atom stereocenters. The fourth-order valence-corrected chi connectivity index (χ4v) is 6.04. The summed E-state index contributed by atoms with van der Waals surface area (Å²) in [5.41, 5.74) is 8.50. The summed E-state index contributed by atoms with van der Waals surface area (Å²) in [5.74, 6) is -2.37. The van der Waals surface area contributed by atoms with Gasteiger partial charge in [-0.1, -0.05) is 48.9 Å². The van der Waals surface area contributed by atoms with E-state index in [-0.39, 0.29) is 36.4 Å². The lowest BCUT2D eigenvalue weighted by Crippen LogP contribution is -2.52. The second-order valence-corrected chi connectivity index (χ2v) is 11.5. The number of aliphatic hydroxyl groups is 1. The van der Waals surface area contributed by atoms with Crippen molar-refractivity contribution in [2.24, 2.45) is 5.73 Å². The van der Waals surface area contributed by atoms with Gasteiger partial charge in [-0.05, 0) is 60.7 Å². The van der Waals surface area contributed by atoms with E-state index in [2.05, 4.69) is 5.32 Å². The zero-order valence-electron chi connectivity index (χ0n) is 22.1. The largest absolute Gasteiger partial charge is 0.390 e. The molecule has 1 amide bonds. The molecule has 0 aliphatic carbocycles. The van der Waals surface area contributed by atoms with Crippen LogP contribution < -0.4 is 11.1 Å². The lowest BCUT2D eigenvalue weighted by molar-refractivity contribution is -0.118. The zero-order valence-corrected chi connectivity index (χ0v) is 22.9. The number of benzene rings is 3. The maximum absolute atomic E-state index is 14.0. The number of sulfonamides is 1. The zero-order chi connectivity index (χ0) is 28.6. The van der Waals surface area contributed by atoms with E-state index in [1.807, 2.05) is 38.1 Å². The minimum atomic E-state index is -4.23. The molecule has 0 aromatic heterocycles. The molecule has 0 saturated carbocycles. The van der Waals surface area contributed by atoms with Gasteiger partial charge in [0.15, 0.2) is 0 Å². The number of carbonyl (C=O) groups excluding carboxylic acids is 1. The summed E-state index contributed by atoms with van der Waals surface area (Å²) in [4.78, 5) is 11.6. The molecule has 39 heavy (non-hydrogen) atoms. The first kappa shape index (κ1) is 30.4. The van der Waals surface area contributed by atoms with Crippen LogP contribution in [0, 0.1) is 18.6 Å². The van der Waals surface area contributed by atoms with Gasteiger partial charge >= 0.3 is 0 Å². The molecule has 3 rings (SSSR count). The van der Waals surface area contributed by atoms with E-state index < -0.39 is 39.7 Å². The van der Waals surface area contributed by atoms with Crippen LogP contribution in [0.15, 0.2) is 71.6 Å². The summed E-state index contributed by atoms with van der Waals surface area (Å²) in [6.45, 7) is 3.94. The predicted octanol–water partition coefficient (Wildman–Crippen LogP) is 3.46. The van der Waals surface area contributed by atoms with Crippen molar-refractivity contribution >= 4 is 15.9 Å². The molecule has 0 spiro atoms. The number of nitrogens with two attached hydrogens (primary N) is 1. The highest BCUT2D eigenvalue weighted by Crippen LogP contribution is 2.24. The first-order chi connectivity index (χ1) is 18.5. The van der Waals surface area contributed by atoms with Crippen LogP contribution in [0.2, 0.25) is 0 Å². The summed E-state index contributed by atoms with van der Waals surface area (Å²) in [7, 11) is -4.23. The molecular weight excluding hydrogens is 524 g/mol. The number of primary amides is 1. The fraction of sp³-hybridized carbons (Fsp3) is 0.345. The predicted molar refractivity (Wildman–Crippen MR) is 146 cm³/mol. The Kier molecular flexibility index (Phi) is 10.7. The SMILES string of the molecule is CCc1cccc(CNC[C@@H](O)[C@H](Cc2cc(F)cc(F)c2)N(CCC(N)=O)S(=O)(=O)c2ccc(C)cc2)c1. The van der Waals surface area contributed by atoms with Gasteiger partial charge in [0, 0.05) is 32.1 Å². The van der Waals surface area contributed by atoms with Gasteiger partial charge in [-0.3, -0.25) is 4.79 Å². The van der Waals surface area contributed by atoms with E-state index in [9.17, 15) is 27.1 Å². The topological polar surface area (TPSA) is 113 Å². The highest BCUT2D eigenvalue weighted by atomic mass is 32.2. The first-order valence-corrected chi connectivity index (χ1v) is 14.2. The number of halogens is 2. The van der Waals surface area contributed by atoms with Crippen LogP contribution in [0.4, 0.5) is 8.78 Å². The number of nitrogens with zero attached hydrogens (tertiary/aromatic N) is 1. The third-order valence-electron chi connectivity index (χ3n) is 6.47. The van der Waals surface area contributed by atoms with Crippen LogP contribution >= 0.6 is 0 Å². The van der Waals surface area contributed by atoms with Crippen LogP contribution in [0.3, 0.4) is 0 Å². The van der Waals surface area contributed by atoms with Gasteiger partial charge in [0.25, 0.3) is 0 Å². The van der Waals surface area contributed by atoms with E-state index in [1.54, 1.807) is 12.1 Å². The van der Waals surface area contributed by atoms with Crippen LogP contribution in [0.1, 0.15) is 35.6 Å². The molecule has 0 bridgehead atoms. The lowest BCUT2D eigenvalue weighted by Gasteiger charge is -2.34. The Morgan fingerprint density at radius 1 is 1.00 bits per heavy atom. The summed E-state index contributed by atoms with van der Waals surface area (Å²) in [5, 5.41) is 14.5. The monoisotopic (exact) mass is 559 g/mol. The van der Waals surface area contributed by atoms with Crippen molar-refractivity contribution in [1.82, 2.24) is 9.62 Å². The van der Waals surface area contributed by atoms with E-state index >= 15 is 0 Å². The average molecular weight is 560 g/mol. The normalized spacial score (nSPS) is 13.4. The minimum Gasteiger partial charge on any atom is -0.390 e. The van der Waals surface area contributed by atoms with E-state index in [0.29, 0.717) is 6.54 Å². The number of hydrogen-bond acceptors (Lipinski definition) is 5. The highest BCUT2D eigenvalue weighted by Gasteiger charge is 2.36. The number of rotatable bonds is 14. The molecule has 4 N–H and O–H groups in total. The molecule has 0 aliphatic rings. The molecule has 2 atom stereocenters. The van der Waals surface area contributed by atoms with Crippen molar-refractivity contribution in [2.45, 2.75) is 56.7 Å². The molecule has 0 radical (unpaired) electrons. The maximum Gasteiger partial charge on any atom is 0.243 e. The summed E-state index contributed by atoms with van der Waals surface area (Å²) in [6.07, 6.45) is -0.928. The van der Waals surface area contributed by atoms with E-state index in [4.69, 9.17) is 5.73 Å². The Morgan fingerprint density at radius 3 is 2.26 bits per heavy atom. The highest BCUT2D eigenvalue weighted by molar-refractivity contribution is 7.89. The van der Waals surface area contributed by atoms with Crippen molar-refractivity contribution < 1.29 is 27.1 Å². The Hall–Kier alpha value is -3.18. The second-order valence-electron chi connectivity index (χ2n) is 9.57. The first-order valence-electron chi connectivity index (χ1n) is 12.8. The smallest absolute Gasteiger partial charge is 0.243 e. The Labute approximate surface area is 228 Å². The van der Waals surface area contributed by atoms with E-state index in [1.165, 1.54) is 12.1 Å². The standard InChI is InChI=1S/C29H35F2N3O4S/c1-3-21-5-4-6-22(13-21)18-33-19-28(35)27(16-23-14-24(30)17-25(31)15-23)34(12-11-29(32)36)39(37,38)26-9-7-20(2)8-10-26/h4-10,13-15,17,27-28,33,35H,3,11-12,16,18-19H2,1-2H3,(H2,32,36)/t27-,28+/m0/s1. The number of amides is 1. The molecule has 0 aliphatic heterocycles. The van der Waals surface area contributed by atoms with Crippen LogP contribution in [-0.4, -0.2) is 49.0 Å². The molecule has 0 saturated heterocycles. The third kappa shape index (κ3) is 8.66. The van der Waals surface area contributed by atoms with Crippen molar-refractivity contribution in [3.8, 4) is 0 Å². The average Bonchev–Trinajstić information content (AvgIpc) is 2.87. The maximum atomic E-state index is 14.0. The number of aryl methyl sites for hydroxylation is 2. The van der Waals surface area contributed by atoms with Crippen LogP contribution in [0.25, 0.3) is 0 Å². The van der Waals surface area contributed by atoms with Gasteiger partial charge in [0.05, 0.1) is 17.0 Å². The Balaban J connectivity index is 1.95. The molecule has 10 heteroatoms. The Morgan fingerprint density at radius 2 is 1.64 bits per heavy atom. The molecule has 3 aromatic carbocycles. The van der Waals surface area contributed by atoms with Crippen LogP contribution in [-0.2, 0) is 34.2 Å². The van der Waals surface area contributed by atoms with Gasteiger partial charge in [0.1, 0.15) is 11.6 Å². The number of carbonyl (C=O) groups is 1. The molecule has 0 heterocycles. The van der Waals surface area contributed by atoms with E-state index in [0.717, 1.165) is 45.6 Å². The van der Waals surface area contributed by atoms with Gasteiger partial charge in [-0.15, -0.1) is 0 Å². The van der Waals surface area contributed by atoms with Crippen molar-refractivity contribution in [3.05, 3.63) is 101 Å². The fourth-order valence-electron chi connectivity index (χ4n) is 4.39. The molecular formula is C29H35F2N3O4S. The molecule has 0 fully saturated rings. The summed E-state index contributed by atoms with van der Waals surface area (Å²) in [6, 6.07) is 15.8. The molecule has 7 nitrogen and oxygen atoms in total. The molecule has 3 aromatic rings. The third-order valence-corrected chi connectivity index (χ3v) is 8.41. The van der Waals surface area contributed by atoms with Gasteiger partial charge < -0.3 is 16.2 Å². The second kappa shape index (κ2) is 13.7. The lowest BCUT2D eigenvalue weighted by atomic mass is 10.00.